The zero-order valence-electron chi connectivity index (χ0n) is 11.2. The summed E-state index contributed by atoms with van der Waals surface area (Å²) in [6, 6.07) is 6.26. The monoisotopic (exact) mass is 262 g/mol. The number of nitrogens with one attached hydrogen (secondary N) is 1. The van der Waals surface area contributed by atoms with E-state index in [2.05, 4.69) is 36.3 Å². The van der Waals surface area contributed by atoms with Crippen LogP contribution in [0.5, 0.6) is 0 Å². The van der Waals surface area contributed by atoms with Crippen LogP contribution in [0.25, 0.3) is 10.9 Å². The minimum atomic E-state index is 0.778. The zero-order valence-corrected chi connectivity index (χ0v) is 11.9. The van der Waals surface area contributed by atoms with Crippen molar-refractivity contribution in [1.29, 1.82) is 0 Å². The molecule has 0 spiro atoms. The molecule has 18 heavy (non-hydrogen) atoms. The van der Waals surface area contributed by atoms with Gasteiger partial charge in [0.2, 0.25) is 0 Å². The van der Waals surface area contributed by atoms with Crippen molar-refractivity contribution in [1.82, 2.24) is 4.98 Å². The minimum absolute atomic E-state index is 0.778. The van der Waals surface area contributed by atoms with Crippen molar-refractivity contribution in [3.8, 4) is 0 Å². The maximum Gasteiger partial charge on any atom is 0.129 e. The molecule has 0 bridgehead atoms. The topological polar surface area (TPSA) is 24.9 Å². The first kappa shape index (κ1) is 13.2. The molecule has 0 saturated carbocycles. The Morgan fingerprint density at radius 2 is 2.00 bits per heavy atom. The number of aromatic nitrogens is 1. The fraction of sp³-hybridized carbons (Fsp3) is 0.400. The Bertz CT molecular complexity index is 564. The number of benzene rings is 1. The lowest BCUT2D eigenvalue weighted by atomic mass is 10.1. The number of aryl methyl sites for hydroxylation is 2. The summed E-state index contributed by atoms with van der Waals surface area (Å²) in [5.41, 5.74) is 3.32. The summed E-state index contributed by atoms with van der Waals surface area (Å²) in [5, 5.41) is 5.33. The molecular weight excluding hydrogens is 244 g/mol. The fourth-order valence-corrected chi connectivity index (χ4v) is 2.18. The molecule has 0 aliphatic rings. The van der Waals surface area contributed by atoms with Gasteiger partial charge < -0.3 is 5.32 Å². The number of anilines is 1. The summed E-state index contributed by atoms with van der Waals surface area (Å²) in [5.74, 6) is 0.992. The lowest BCUT2D eigenvalue weighted by Gasteiger charge is -2.11. The van der Waals surface area contributed by atoms with Crippen LogP contribution in [0.3, 0.4) is 0 Å². The lowest BCUT2D eigenvalue weighted by molar-refractivity contribution is 0.962. The van der Waals surface area contributed by atoms with E-state index >= 15 is 0 Å². The third-order valence-electron chi connectivity index (χ3n) is 3.10. The lowest BCUT2D eigenvalue weighted by Crippen LogP contribution is -2.05. The molecule has 0 aliphatic carbocycles. The van der Waals surface area contributed by atoms with Crippen LogP contribution in [0.4, 0.5) is 5.82 Å². The molecule has 0 radical (unpaired) electrons. The van der Waals surface area contributed by atoms with E-state index in [0.29, 0.717) is 0 Å². The van der Waals surface area contributed by atoms with E-state index in [9.17, 15) is 0 Å². The van der Waals surface area contributed by atoms with Crippen molar-refractivity contribution in [2.24, 2.45) is 0 Å². The van der Waals surface area contributed by atoms with Crippen LogP contribution in [0, 0.1) is 6.92 Å². The van der Waals surface area contributed by atoms with Crippen LogP contribution >= 0.6 is 11.6 Å². The van der Waals surface area contributed by atoms with Gasteiger partial charge in [0.1, 0.15) is 5.82 Å². The Kier molecular flexibility index (Phi) is 4.07. The van der Waals surface area contributed by atoms with Gasteiger partial charge in [-0.2, -0.15) is 0 Å². The van der Waals surface area contributed by atoms with Gasteiger partial charge in [-0.15, -0.1) is 0 Å². The molecule has 3 heteroatoms. The Morgan fingerprint density at radius 1 is 1.22 bits per heavy atom. The summed E-state index contributed by atoms with van der Waals surface area (Å²) in [6.07, 6.45) is 2.08. The maximum absolute atomic E-state index is 6.16. The number of halogens is 1. The van der Waals surface area contributed by atoms with Crippen LogP contribution in [0.15, 0.2) is 18.2 Å². The molecule has 1 heterocycles. The van der Waals surface area contributed by atoms with Gasteiger partial charge in [0.05, 0.1) is 5.52 Å². The smallest absolute Gasteiger partial charge is 0.129 e. The van der Waals surface area contributed by atoms with Crippen LogP contribution in [0.2, 0.25) is 5.02 Å². The highest BCUT2D eigenvalue weighted by Crippen LogP contribution is 2.26. The Balaban J connectivity index is 2.54. The molecule has 1 N–H and O–H groups in total. The van der Waals surface area contributed by atoms with Gasteiger partial charge in [0.15, 0.2) is 0 Å². The molecule has 2 rings (SSSR count). The first-order valence-electron chi connectivity index (χ1n) is 6.49. The number of hydrogen-bond donors (Lipinski definition) is 1. The van der Waals surface area contributed by atoms with E-state index in [1.165, 1.54) is 5.56 Å². The van der Waals surface area contributed by atoms with E-state index in [1.54, 1.807) is 0 Å². The summed E-state index contributed by atoms with van der Waals surface area (Å²) < 4.78 is 0. The first-order chi connectivity index (χ1) is 8.65. The van der Waals surface area contributed by atoms with Crippen LogP contribution in [-0.4, -0.2) is 11.5 Å². The van der Waals surface area contributed by atoms with Crippen LogP contribution in [0.1, 0.15) is 31.4 Å². The van der Waals surface area contributed by atoms with Crippen LogP contribution in [-0.2, 0) is 6.42 Å². The molecule has 2 nitrogen and oxygen atoms in total. The van der Waals surface area contributed by atoms with Crippen LogP contribution < -0.4 is 5.32 Å². The fourth-order valence-electron chi connectivity index (χ4n) is 2.02. The van der Waals surface area contributed by atoms with E-state index < -0.39 is 0 Å². The number of hydrogen-bond acceptors (Lipinski definition) is 2. The predicted molar refractivity (Wildman–Crippen MR) is 79.6 cm³/mol. The summed E-state index contributed by atoms with van der Waals surface area (Å²) in [4.78, 5) is 4.69. The molecule has 0 atom stereocenters. The molecule has 1 aromatic heterocycles. The standard InChI is InChI=1S/C15H19ClN2/c1-4-6-17-15-11(5-2)8-12-7-10(3)13(16)9-14(12)18-15/h7-9H,4-6H2,1-3H3,(H,17,18). The van der Waals surface area contributed by atoms with E-state index in [-0.39, 0.29) is 0 Å². The second-order valence-corrected chi connectivity index (χ2v) is 4.98. The first-order valence-corrected chi connectivity index (χ1v) is 6.87. The van der Waals surface area contributed by atoms with Crippen molar-refractivity contribution < 1.29 is 0 Å². The van der Waals surface area contributed by atoms with Gasteiger partial charge in [-0.25, -0.2) is 4.98 Å². The molecule has 0 amide bonds. The largest absolute Gasteiger partial charge is 0.370 e. The van der Waals surface area contributed by atoms with Gasteiger partial charge >= 0.3 is 0 Å². The van der Waals surface area contributed by atoms with Gasteiger partial charge in [0, 0.05) is 17.0 Å². The average molecular weight is 263 g/mol. The molecule has 0 fully saturated rings. The molecule has 1 aromatic carbocycles. The van der Waals surface area contributed by atoms with Crippen molar-refractivity contribution in [3.05, 3.63) is 34.3 Å². The molecule has 96 valence electrons. The molecule has 0 unspecified atom stereocenters. The second kappa shape index (κ2) is 5.57. The Hall–Kier alpha value is -1.28. The number of fused-ring (bicyclic) bond motifs is 1. The quantitative estimate of drug-likeness (QED) is 0.872. The van der Waals surface area contributed by atoms with E-state index in [0.717, 1.165) is 46.7 Å². The van der Waals surface area contributed by atoms with Gasteiger partial charge in [-0.1, -0.05) is 25.4 Å². The minimum Gasteiger partial charge on any atom is -0.370 e. The predicted octanol–water partition coefficient (Wildman–Crippen LogP) is 4.58. The van der Waals surface area contributed by atoms with Gasteiger partial charge in [-0.05, 0) is 49.1 Å². The SMILES string of the molecule is CCCNc1nc2cc(Cl)c(C)cc2cc1CC. The molecule has 2 aromatic rings. The van der Waals surface area contributed by atoms with Gasteiger partial charge in [0.25, 0.3) is 0 Å². The third kappa shape index (κ3) is 2.59. The summed E-state index contributed by atoms with van der Waals surface area (Å²) >= 11 is 6.16. The Labute approximate surface area is 113 Å². The summed E-state index contributed by atoms with van der Waals surface area (Å²) in [7, 11) is 0. The Morgan fingerprint density at radius 3 is 2.67 bits per heavy atom. The van der Waals surface area contributed by atoms with Gasteiger partial charge in [-0.3, -0.25) is 0 Å². The van der Waals surface area contributed by atoms with E-state index in [4.69, 9.17) is 11.6 Å². The highest BCUT2D eigenvalue weighted by molar-refractivity contribution is 6.32. The molecular formula is C15H19ClN2. The van der Waals surface area contributed by atoms with E-state index in [1.807, 2.05) is 13.0 Å². The average Bonchev–Trinajstić information content (AvgIpc) is 2.37. The zero-order chi connectivity index (χ0) is 13.1. The molecule has 0 saturated heterocycles. The highest BCUT2D eigenvalue weighted by atomic mass is 35.5. The maximum atomic E-state index is 6.16. The number of rotatable bonds is 4. The van der Waals surface area contributed by atoms with Crippen molar-refractivity contribution in [2.75, 3.05) is 11.9 Å². The third-order valence-corrected chi connectivity index (χ3v) is 3.50. The molecule has 0 aliphatic heterocycles. The summed E-state index contributed by atoms with van der Waals surface area (Å²) in [6.45, 7) is 7.28. The number of nitrogens with zero attached hydrogens (tertiary/aromatic N) is 1. The van der Waals surface area contributed by atoms with Crippen molar-refractivity contribution in [2.45, 2.75) is 33.6 Å². The van der Waals surface area contributed by atoms with Crippen molar-refractivity contribution in [3.63, 3.8) is 0 Å². The number of pyridine rings is 1. The van der Waals surface area contributed by atoms with Crippen molar-refractivity contribution >= 4 is 28.3 Å². The second-order valence-electron chi connectivity index (χ2n) is 4.57. The highest BCUT2D eigenvalue weighted by Gasteiger charge is 2.07. The normalized spacial score (nSPS) is 10.9.